The number of hydrogen-bond donors (Lipinski definition) is 0. The van der Waals surface area contributed by atoms with Gasteiger partial charge in [-0.25, -0.2) is 13.4 Å². The molecule has 0 aliphatic carbocycles. The zero-order valence-corrected chi connectivity index (χ0v) is 10.2. The summed E-state index contributed by atoms with van der Waals surface area (Å²) in [4.78, 5) is 4.32. The first-order valence-electron chi connectivity index (χ1n) is 5.79. The van der Waals surface area contributed by atoms with E-state index in [1.807, 2.05) is 28.8 Å². The van der Waals surface area contributed by atoms with Crippen LogP contribution >= 0.6 is 0 Å². The largest absolute Gasteiger partial charge is 0.304 e. The van der Waals surface area contributed by atoms with Crippen molar-refractivity contribution in [3.8, 4) is 0 Å². The number of sulfone groups is 1. The second kappa shape index (κ2) is 3.84. The zero-order chi connectivity index (χ0) is 11.9. The quantitative estimate of drug-likeness (QED) is 0.810. The van der Waals surface area contributed by atoms with Crippen molar-refractivity contribution in [3.05, 3.63) is 36.4 Å². The molecule has 1 aliphatic heterocycles. The van der Waals surface area contributed by atoms with Crippen molar-refractivity contribution in [2.45, 2.75) is 24.5 Å². The Labute approximate surface area is 100 Å². The van der Waals surface area contributed by atoms with E-state index in [-0.39, 0.29) is 5.25 Å². The molecule has 3 heterocycles. The van der Waals surface area contributed by atoms with Gasteiger partial charge in [0.2, 0.25) is 0 Å². The normalized spacial score (nSPS) is 23.2. The molecule has 2 aromatic rings. The standard InChI is InChI=1S/C12H14N2O2S/c15-17(16)7-3-5-11(17)8-12-13-9-10-4-1-2-6-14(10)12/h1-2,4,6,9,11H,3,5,7-8H2. The summed E-state index contributed by atoms with van der Waals surface area (Å²) in [6.45, 7) is 0. The van der Waals surface area contributed by atoms with E-state index in [0.717, 1.165) is 24.2 Å². The first-order chi connectivity index (χ1) is 8.17. The average molecular weight is 250 g/mol. The maximum absolute atomic E-state index is 11.8. The third-order valence-corrected chi connectivity index (χ3v) is 5.66. The summed E-state index contributed by atoms with van der Waals surface area (Å²) in [6.07, 6.45) is 5.80. The molecule has 1 unspecified atom stereocenters. The van der Waals surface area contributed by atoms with Crippen molar-refractivity contribution < 1.29 is 8.42 Å². The number of hydrogen-bond acceptors (Lipinski definition) is 3. The van der Waals surface area contributed by atoms with Gasteiger partial charge in [-0.15, -0.1) is 0 Å². The van der Waals surface area contributed by atoms with E-state index in [4.69, 9.17) is 0 Å². The highest BCUT2D eigenvalue weighted by Gasteiger charge is 2.32. The van der Waals surface area contributed by atoms with E-state index >= 15 is 0 Å². The Morgan fingerprint density at radius 2 is 2.29 bits per heavy atom. The van der Waals surface area contributed by atoms with Crippen LogP contribution in [0.1, 0.15) is 18.7 Å². The van der Waals surface area contributed by atoms with E-state index in [1.165, 1.54) is 0 Å². The minimum atomic E-state index is -2.89. The molecule has 0 radical (unpaired) electrons. The Morgan fingerprint density at radius 1 is 1.41 bits per heavy atom. The van der Waals surface area contributed by atoms with Crippen LogP contribution in [0.2, 0.25) is 0 Å². The van der Waals surface area contributed by atoms with Gasteiger partial charge in [0.05, 0.1) is 22.7 Å². The van der Waals surface area contributed by atoms with Crippen LogP contribution in [-0.2, 0) is 16.3 Å². The van der Waals surface area contributed by atoms with Crippen LogP contribution in [-0.4, -0.2) is 28.8 Å². The predicted molar refractivity (Wildman–Crippen MR) is 65.7 cm³/mol. The van der Waals surface area contributed by atoms with Crippen molar-refractivity contribution in [1.82, 2.24) is 9.38 Å². The first-order valence-corrected chi connectivity index (χ1v) is 7.51. The summed E-state index contributed by atoms with van der Waals surface area (Å²) in [5, 5.41) is -0.242. The van der Waals surface area contributed by atoms with Crippen molar-refractivity contribution in [1.29, 1.82) is 0 Å². The topological polar surface area (TPSA) is 51.4 Å². The summed E-state index contributed by atoms with van der Waals surface area (Å²) < 4.78 is 25.5. The van der Waals surface area contributed by atoms with Crippen LogP contribution in [0.5, 0.6) is 0 Å². The number of rotatable bonds is 2. The van der Waals surface area contributed by atoms with Crippen LogP contribution in [0.15, 0.2) is 30.6 Å². The molecule has 2 aromatic heterocycles. The lowest BCUT2D eigenvalue weighted by atomic mass is 10.2. The van der Waals surface area contributed by atoms with Crippen LogP contribution in [0.4, 0.5) is 0 Å². The molecular formula is C12H14N2O2S. The van der Waals surface area contributed by atoms with Crippen LogP contribution in [0.3, 0.4) is 0 Å². The number of fused-ring (bicyclic) bond motifs is 1. The molecule has 4 nitrogen and oxygen atoms in total. The zero-order valence-electron chi connectivity index (χ0n) is 9.41. The van der Waals surface area contributed by atoms with Crippen LogP contribution in [0.25, 0.3) is 5.52 Å². The molecule has 17 heavy (non-hydrogen) atoms. The molecule has 1 saturated heterocycles. The molecule has 0 aromatic carbocycles. The van der Waals surface area contributed by atoms with Gasteiger partial charge in [0.15, 0.2) is 9.84 Å². The third-order valence-electron chi connectivity index (χ3n) is 3.39. The van der Waals surface area contributed by atoms with Crippen molar-refractivity contribution >= 4 is 15.4 Å². The number of nitrogens with zero attached hydrogens (tertiary/aromatic N) is 2. The molecule has 0 amide bonds. The lowest BCUT2D eigenvalue weighted by molar-refractivity contribution is 0.586. The maximum Gasteiger partial charge on any atom is 0.153 e. The van der Waals surface area contributed by atoms with Gasteiger partial charge < -0.3 is 4.40 Å². The summed E-state index contributed by atoms with van der Waals surface area (Å²) in [7, 11) is -2.89. The van der Waals surface area contributed by atoms with E-state index in [2.05, 4.69) is 4.98 Å². The Balaban J connectivity index is 1.96. The minimum absolute atomic E-state index is 0.242. The van der Waals surface area contributed by atoms with E-state index in [0.29, 0.717) is 12.2 Å². The SMILES string of the molecule is O=S1(=O)CCCC1Cc1ncc2ccccn12. The van der Waals surface area contributed by atoms with Gasteiger partial charge in [-0.2, -0.15) is 0 Å². The fourth-order valence-electron chi connectivity index (χ4n) is 2.44. The highest BCUT2D eigenvalue weighted by Crippen LogP contribution is 2.23. The van der Waals surface area contributed by atoms with Crippen LogP contribution < -0.4 is 0 Å². The fraction of sp³-hybridized carbons (Fsp3) is 0.417. The molecule has 90 valence electrons. The molecular weight excluding hydrogens is 236 g/mol. The minimum Gasteiger partial charge on any atom is -0.304 e. The molecule has 0 bridgehead atoms. The first kappa shape index (κ1) is 10.8. The smallest absolute Gasteiger partial charge is 0.153 e. The summed E-state index contributed by atoms with van der Waals surface area (Å²) in [5.74, 6) is 1.18. The van der Waals surface area contributed by atoms with Gasteiger partial charge in [-0.3, -0.25) is 0 Å². The second-order valence-corrected chi connectivity index (χ2v) is 6.91. The average Bonchev–Trinajstić information content (AvgIpc) is 2.85. The lowest BCUT2D eigenvalue weighted by Gasteiger charge is -2.08. The van der Waals surface area contributed by atoms with Gasteiger partial charge >= 0.3 is 0 Å². The monoisotopic (exact) mass is 250 g/mol. The van der Waals surface area contributed by atoms with Gasteiger partial charge in [0.25, 0.3) is 0 Å². The molecule has 1 aliphatic rings. The number of pyridine rings is 1. The molecule has 1 fully saturated rings. The molecule has 5 heteroatoms. The third kappa shape index (κ3) is 1.84. The number of aromatic nitrogens is 2. The fourth-order valence-corrected chi connectivity index (χ4v) is 4.27. The van der Waals surface area contributed by atoms with E-state index < -0.39 is 9.84 Å². The number of imidazole rings is 1. The Kier molecular flexibility index (Phi) is 2.43. The molecule has 3 rings (SSSR count). The molecule has 0 saturated carbocycles. The maximum atomic E-state index is 11.8. The van der Waals surface area contributed by atoms with Gasteiger partial charge in [0.1, 0.15) is 5.82 Å². The predicted octanol–water partition coefficient (Wildman–Crippen LogP) is 1.45. The molecule has 0 spiro atoms. The highest BCUT2D eigenvalue weighted by atomic mass is 32.2. The second-order valence-electron chi connectivity index (χ2n) is 4.51. The Morgan fingerprint density at radius 3 is 3.06 bits per heavy atom. The molecule has 0 N–H and O–H groups in total. The summed E-state index contributed by atoms with van der Waals surface area (Å²) >= 11 is 0. The van der Waals surface area contributed by atoms with E-state index in [9.17, 15) is 8.42 Å². The Hall–Kier alpha value is -1.36. The Bertz CT molecular complexity index is 645. The van der Waals surface area contributed by atoms with Crippen molar-refractivity contribution in [2.24, 2.45) is 0 Å². The lowest BCUT2D eigenvalue weighted by Crippen LogP contribution is -2.19. The van der Waals surface area contributed by atoms with Crippen molar-refractivity contribution in [3.63, 3.8) is 0 Å². The van der Waals surface area contributed by atoms with Gasteiger partial charge in [-0.1, -0.05) is 6.07 Å². The van der Waals surface area contributed by atoms with Gasteiger partial charge in [0, 0.05) is 12.6 Å². The van der Waals surface area contributed by atoms with E-state index in [1.54, 1.807) is 6.20 Å². The molecule has 1 atom stereocenters. The summed E-state index contributed by atoms with van der Waals surface area (Å²) in [6, 6.07) is 5.86. The summed E-state index contributed by atoms with van der Waals surface area (Å²) in [5.41, 5.74) is 1.01. The van der Waals surface area contributed by atoms with Gasteiger partial charge in [-0.05, 0) is 25.0 Å². The highest BCUT2D eigenvalue weighted by molar-refractivity contribution is 7.92. The van der Waals surface area contributed by atoms with Crippen molar-refractivity contribution in [2.75, 3.05) is 5.75 Å². The van der Waals surface area contributed by atoms with Crippen LogP contribution in [0, 0.1) is 0 Å².